The quantitative estimate of drug-likeness (QED) is 0.865. The van der Waals surface area contributed by atoms with E-state index < -0.39 is 0 Å². The summed E-state index contributed by atoms with van der Waals surface area (Å²) in [6.07, 6.45) is 0.395. The van der Waals surface area contributed by atoms with Gasteiger partial charge in [-0.3, -0.25) is 4.79 Å². The Labute approximate surface area is 148 Å². The van der Waals surface area contributed by atoms with E-state index in [4.69, 9.17) is 4.74 Å². The van der Waals surface area contributed by atoms with Gasteiger partial charge in [-0.1, -0.05) is 0 Å². The molecule has 0 saturated carbocycles. The molecule has 0 aliphatic carbocycles. The van der Waals surface area contributed by atoms with Gasteiger partial charge in [0.25, 0.3) is 0 Å². The van der Waals surface area contributed by atoms with Gasteiger partial charge in [0.05, 0.1) is 12.1 Å². The molecule has 2 rings (SSSR count). The van der Waals surface area contributed by atoms with E-state index in [1.807, 2.05) is 24.1 Å². The molecular weight excluding hydrogens is 345 g/mol. The van der Waals surface area contributed by atoms with Crippen molar-refractivity contribution < 1.29 is 9.53 Å². The molecule has 1 fully saturated rings. The molecular formula is C14H25Cl2N3O2S. The van der Waals surface area contributed by atoms with Crippen LogP contribution in [-0.4, -0.2) is 48.1 Å². The van der Waals surface area contributed by atoms with Crippen LogP contribution in [0, 0.1) is 0 Å². The van der Waals surface area contributed by atoms with Crippen LogP contribution in [0.2, 0.25) is 0 Å². The van der Waals surface area contributed by atoms with Gasteiger partial charge in [0, 0.05) is 37.7 Å². The molecule has 1 aromatic rings. The Kier molecular flexibility index (Phi) is 10.2. The zero-order chi connectivity index (χ0) is 14.5. The second kappa shape index (κ2) is 10.4. The van der Waals surface area contributed by atoms with E-state index in [9.17, 15) is 4.79 Å². The zero-order valence-electron chi connectivity index (χ0n) is 13.2. The number of halogens is 2. The van der Waals surface area contributed by atoms with Crippen molar-refractivity contribution in [2.45, 2.75) is 39.3 Å². The molecule has 1 aliphatic rings. The number of nitrogens with one attached hydrogen (secondary N) is 1. The number of hydrogen-bond donors (Lipinski definition) is 1. The number of ether oxygens (including phenoxy) is 1. The van der Waals surface area contributed by atoms with E-state index in [0.29, 0.717) is 13.0 Å². The van der Waals surface area contributed by atoms with Crippen LogP contribution < -0.4 is 5.32 Å². The lowest BCUT2D eigenvalue weighted by molar-refractivity contribution is -0.133. The number of piperazine rings is 1. The fourth-order valence-electron chi connectivity index (χ4n) is 2.38. The average Bonchev–Trinajstić information content (AvgIpc) is 2.88. The first kappa shape index (κ1) is 21.6. The molecule has 1 saturated heterocycles. The highest BCUT2D eigenvalue weighted by Crippen LogP contribution is 2.21. The maximum atomic E-state index is 12.3. The molecule has 22 heavy (non-hydrogen) atoms. The lowest BCUT2D eigenvalue weighted by Gasteiger charge is -2.33. The van der Waals surface area contributed by atoms with Crippen molar-refractivity contribution in [3.05, 3.63) is 16.1 Å². The average molecular weight is 370 g/mol. The van der Waals surface area contributed by atoms with Gasteiger partial charge < -0.3 is 15.0 Å². The molecule has 1 amide bonds. The smallest absolute Gasteiger partial charge is 0.228 e. The third kappa shape index (κ3) is 5.66. The molecule has 0 aromatic carbocycles. The fourth-order valence-corrected chi connectivity index (χ4v) is 3.20. The summed E-state index contributed by atoms with van der Waals surface area (Å²) in [7, 11) is 0. The van der Waals surface area contributed by atoms with E-state index in [1.165, 1.54) is 0 Å². The van der Waals surface area contributed by atoms with Crippen LogP contribution in [0.1, 0.15) is 37.6 Å². The minimum Gasteiger partial charge on any atom is -0.372 e. The third-order valence-corrected chi connectivity index (χ3v) is 4.54. The first-order valence-corrected chi connectivity index (χ1v) is 8.05. The lowest BCUT2D eigenvalue weighted by Crippen LogP contribution is -2.52. The third-order valence-electron chi connectivity index (χ3n) is 3.49. The number of carbonyl (C=O) groups is 1. The fraction of sp³-hybridized carbons (Fsp3) is 0.714. The van der Waals surface area contributed by atoms with Gasteiger partial charge in [-0.05, 0) is 20.8 Å². The molecule has 8 heteroatoms. The summed E-state index contributed by atoms with van der Waals surface area (Å²) in [4.78, 5) is 18.8. The highest BCUT2D eigenvalue weighted by atomic mass is 35.5. The van der Waals surface area contributed by atoms with Crippen molar-refractivity contribution in [1.29, 1.82) is 0 Å². The summed E-state index contributed by atoms with van der Waals surface area (Å²) in [5.74, 6) is 0.167. The molecule has 2 atom stereocenters. The van der Waals surface area contributed by atoms with E-state index >= 15 is 0 Å². The maximum Gasteiger partial charge on any atom is 0.228 e. The Hall–Kier alpha value is -0.400. The van der Waals surface area contributed by atoms with Crippen molar-refractivity contribution in [2.24, 2.45) is 0 Å². The maximum absolute atomic E-state index is 12.3. The summed E-state index contributed by atoms with van der Waals surface area (Å²) in [5.41, 5.74) is 0.854. The van der Waals surface area contributed by atoms with Gasteiger partial charge in [-0.15, -0.1) is 36.2 Å². The van der Waals surface area contributed by atoms with E-state index in [1.54, 1.807) is 11.3 Å². The van der Waals surface area contributed by atoms with Gasteiger partial charge in [0.2, 0.25) is 5.91 Å². The summed E-state index contributed by atoms with van der Waals surface area (Å²) in [6, 6.07) is 0.261. The van der Waals surface area contributed by atoms with Gasteiger partial charge in [-0.2, -0.15) is 0 Å². The molecule has 128 valence electrons. The van der Waals surface area contributed by atoms with Crippen LogP contribution in [0.25, 0.3) is 0 Å². The van der Waals surface area contributed by atoms with Crippen LogP contribution in [0.5, 0.6) is 0 Å². The Morgan fingerprint density at radius 3 is 2.95 bits per heavy atom. The molecule has 1 N–H and O–H groups in total. The van der Waals surface area contributed by atoms with Crippen molar-refractivity contribution in [2.75, 3.05) is 26.2 Å². The second-order valence-corrected chi connectivity index (χ2v) is 5.98. The Balaban J connectivity index is 0.00000220. The molecule has 0 spiro atoms. The van der Waals surface area contributed by atoms with Gasteiger partial charge in [-0.25, -0.2) is 4.98 Å². The number of amides is 1. The van der Waals surface area contributed by atoms with Crippen molar-refractivity contribution in [3.63, 3.8) is 0 Å². The molecule has 1 aromatic heterocycles. The Bertz CT molecular complexity index is 459. The molecule has 5 nitrogen and oxygen atoms in total. The van der Waals surface area contributed by atoms with Gasteiger partial charge in [0.1, 0.15) is 11.1 Å². The van der Waals surface area contributed by atoms with Gasteiger partial charge in [0.15, 0.2) is 0 Å². The lowest BCUT2D eigenvalue weighted by atomic mass is 10.2. The summed E-state index contributed by atoms with van der Waals surface area (Å²) in [6.45, 7) is 9.25. The highest BCUT2D eigenvalue weighted by Gasteiger charge is 2.23. The van der Waals surface area contributed by atoms with Crippen molar-refractivity contribution >= 4 is 42.1 Å². The second-order valence-electron chi connectivity index (χ2n) is 5.09. The number of rotatable bonds is 5. The number of nitrogens with zero attached hydrogens (tertiary/aromatic N) is 2. The summed E-state index contributed by atoms with van der Waals surface area (Å²) in [5, 5.41) is 6.21. The molecule has 0 radical (unpaired) electrons. The topological polar surface area (TPSA) is 54.5 Å². The standard InChI is InChI=1S/C14H23N3O2S.2ClH/c1-4-19-11(3)14-16-12(9-20-14)7-13(18)17-6-5-15-8-10(17)2;;/h9-11,15H,4-8H2,1-3H3;2*1H/t10-,11?;;/m0../s1. The first-order chi connectivity index (χ1) is 9.61. The Morgan fingerprint density at radius 2 is 2.32 bits per heavy atom. The predicted molar refractivity (Wildman–Crippen MR) is 94.4 cm³/mol. The van der Waals surface area contributed by atoms with E-state index in [0.717, 1.165) is 30.3 Å². The van der Waals surface area contributed by atoms with E-state index in [-0.39, 0.29) is 42.9 Å². The minimum atomic E-state index is 0. The SMILES string of the molecule is CCOC(C)c1nc(CC(=O)N2CCNC[C@@H]2C)cs1.Cl.Cl. The summed E-state index contributed by atoms with van der Waals surface area (Å²) >= 11 is 1.57. The largest absolute Gasteiger partial charge is 0.372 e. The first-order valence-electron chi connectivity index (χ1n) is 7.18. The molecule has 2 heterocycles. The van der Waals surface area contributed by atoms with Crippen LogP contribution in [0.15, 0.2) is 5.38 Å². The van der Waals surface area contributed by atoms with Crippen molar-refractivity contribution in [3.8, 4) is 0 Å². The number of carbonyl (C=O) groups excluding carboxylic acids is 1. The van der Waals surface area contributed by atoms with E-state index in [2.05, 4.69) is 17.2 Å². The molecule has 0 bridgehead atoms. The number of aromatic nitrogens is 1. The monoisotopic (exact) mass is 369 g/mol. The van der Waals surface area contributed by atoms with Crippen molar-refractivity contribution in [1.82, 2.24) is 15.2 Å². The zero-order valence-corrected chi connectivity index (χ0v) is 15.7. The van der Waals surface area contributed by atoms with Crippen LogP contribution >= 0.6 is 36.2 Å². The highest BCUT2D eigenvalue weighted by molar-refractivity contribution is 7.09. The van der Waals surface area contributed by atoms with Crippen LogP contribution in [-0.2, 0) is 16.0 Å². The minimum absolute atomic E-state index is 0. The van der Waals surface area contributed by atoms with Gasteiger partial charge >= 0.3 is 0 Å². The Morgan fingerprint density at radius 1 is 1.59 bits per heavy atom. The normalized spacial score (nSPS) is 19.0. The summed E-state index contributed by atoms with van der Waals surface area (Å²) < 4.78 is 5.52. The molecule has 1 aliphatic heterocycles. The number of hydrogen-bond acceptors (Lipinski definition) is 5. The predicted octanol–water partition coefficient (Wildman–Crippen LogP) is 2.45. The molecule has 1 unspecified atom stereocenters. The number of thiazole rings is 1. The van der Waals surface area contributed by atoms with Crippen LogP contribution in [0.3, 0.4) is 0 Å². The van der Waals surface area contributed by atoms with Crippen LogP contribution in [0.4, 0.5) is 0 Å².